The van der Waals surface area contributed by atoms with Crippen LogP contribution in [0, 0.1) is 0 Å². The van der Waals surface area contributed by atoms with Crippen LogP contribution in [0.1, 0.15) is 5.56 Å². The van der Waals surface area contributed by atoms with Crippen molar-refractivity contribution in [2.45, 2.75) is 11.3 Å². The quantitative estimate of drug-likeness (QED) is 0.793. The van der Waals surface area contributed by atoms with Gasteiger partial charge < -0.3 is 9.64 Å². The van der Waals surface area contributed by atoms with Crippen LogP contribution in [0.25, 0.3) is 0 Å². The first-order valence-corrected chi connectivity index (χ1v) is 9.94. The average molecular weight is 360 g/mol. The smallest absolute Gasteiger partial charge is 0.243 e. The van der Waals surface area contributed by atoms with Crippen molar-refractivity contribution in [1.29, 1.82) is 0 Å². The van der Waals surface area contributed by atoms with E-state index in [0.717, 1.165) is 26.1 Å². The lowest BCUT2D eigenvalue weighted by Crippen LogP contribution is -2.48. The van der Waals surface area contributed by atoms with Crippen molar-refractivity contribution < 1.29 is 13.2 Å². The third-order valence-corrected chi connectivity index (χ3v) is 6.46. The van der Waals surface area contributed by atoms with Gasteiger partial charge in [-0.1, -0.05) is 36.4 Å². The highest BCUT2D eigenvalue weighted by Gasteiger charge is 2.28. The summed E-state index contributed by atoms with van der Waals surface area (Å²) in [6.45, 7) is 3.52. The molecule has 6 heteroatoms. The summed E-state index contributed by atoms with van der Waals surface area (Å²) in [4.78, 5) is 2.62. The first kappa shape index (κ1) is 17.9. The molecule has 0 amide bonds. The van der Waals surface area contributed by atoms with Gasteiger partial charge >= 0.3 is 0 Å². The van der Waals surface area contributed by atoms with Gasteiger partial charge in [-0.25, -0.2) is 8.42 Å². The monoisotopic (exact) mass is 360 g/mol. The molecule has 25 heavy (non-hydrogen) atoms. The molecule has 0 bridgehead atoms. The van der Waals surface area contributed by atoms with Crippen molar-refractivity contribution in [3.05, 3.63) is 60.2 Å². The van der Waals surface area contributed by atoms with E-state index in [2.05, 4.69) is 17.0 Å². The van der Waals surface area contributed by atoms with Gasteiger partial charge in [-0.3, -0.25) is 0 Å². The van der Waals surface area contributed by atoms with E-state index in [1.807, 2.05) is 18.2 Å². The molecule has 0 aromatic heterocycles. The highest BCUT2D eigenvalue weighted by Crippen LogP contribution is 2.22. The largest absolute Gasteiger partial charge is 0.497 e. The normalized spacial score (nSPS) is 16.7. The third kappa shape index (κ3) is 4.39. The van der Waals surface area contributed by atoms with Crippen LogP contribution < -0.4 is 4.74 Å². The van der Waals surface area contributed by atoms with Crippen molar-refractivity contribution in [3.63, 3.8) is 0 Å². The Morgan fingerprint density at radius 1 is 0.960 bits per heavy atom. The number of methoxy groups -OCH3 is 1. The van der Waals surface area contributed by atoms with Gasteiger partial charge in [0.15, 0.2) is 0 Å². The summed E-state index contributed by atoms with van der Waals surface area (Å²) in [5, 5.41) is 0. The Labute approximate surface area is 149 Å². The minimum Gasteiger partial charge on any atom is -0.497 e. The van der Waals surface area contributed by atoms with Gasteiger partial charge in [0.05, 0.1) is 12.0 Å². The minimum absolute atomic E-state index is 0.296. The Morgan fingerprint density at radius 2 is 1.68 bits per heavy atom. The number of piperazine rings is 1. The van der Waals surface area contributed by atoms with E-state index in [1.165, 1.54) is 12.7 Å². The van der Waals surface area contributed by atoms with E-state index in [4.69, 9.17) is 4.74 Å². The Hall–Kier alpha value is -1.89. The summed E-state index contributed by atoms with van der Waals surface area (Å²) in [7, 11) is -1.92. The molecule has 1 fully saturated rings. The molecule has 1 aliphatic rings. The molecule has 0 N–H and O–H groups in total. The molecule has 0 saturated carbocycles. The SMILES string of the molecule is COc1cccc(S(=O)(=O)N2CCN(CCc3ccccc3)CC2)c1. The number of hydrogen-bond donors (Lipinski definition) is 0. The van der Waals surface area contributed by atoms with Crippen LogP contribution in [0.3, 0.4) is 0 Å². The summed E-state index contributed by atoms with van der Waals surface area (Å²) in [5.41, 5.74) is 1.31. The van der Waals surface area contributed by atoms with E-state index in [9.17, 15) is 8.42 Å². The lowest BCUT2D eigenvalue weighted by atomic mass is 10.1. The molecule has 3 rings (SSSR count). The molecule has 2 aromatic carbocycles. The lowest BCUT2D eigenvalue weighted by molar-refractivity contribution is 0.190. The second kappa shape index (κ2) is 7.99. The van der Waals surface area contributed by atoms with E-state index in [1.54, 1.807) is 28.6 Å². The molecule has 1 saturated heterocycles. The summed E-state index contributed by atoms with van der Waals surface area (Å²) < 4.78 is 32.3. The first-order valence-electron chi connectivity index (χ1n) is 8.50. The van der Waals surface area contributed by atoms with Gasteiger partial charge in [0, 0.05) is 38.8 Å². The summed E-state index contributed by atoms with van der Waals surface area (Å²) in [5.74, 6) is 0.558. The zero-order valence-corrected chi connectivity index (χ0v) is 15.3. The maximum atomic E-state index is 12.8. The Bertz CT molecular complexity index is 785. The van der Waals surface area contributed by atoms with Crippen molar-refractivity contribution in [3.8, 4) is 5.75 Å². The maximum Gasteiger partial charge on any atom is 0.243 e. The van der Waals surface area contributed by atoms with Crippen molar-refractivity contribution >= 4 is 10.0 Å². The standard InChI is InChI=1S/C19H24N2O3S/c1-24-18-8-5-9-19(16-18)25(22,23)21-14-12-20(13-15-21)11-10-17-6-3-2-4-7-17/h2-9,16H,10-15H2,1H3. The first-order chi connectivity index (χ1) is 12.1. The van der Waals surface area contributed by atoms with Gasteiger partial charge in [-0.15, -0.1) is 0 Å². The van der Waals surface area contributed by atoms with Crippen molar-refractivity contribution in [2.24, 2.45) is 0 Å². The Morgan fingerprint density at radius 3 is 2.36 bits per heavy atom. The number of ether oxygens (including phenoxy) is 1. The van der Waals surface area contributed by atoms with Crippen LogP contribution in [-0.4, -0.2) is 57.5 Å². The highest BCUT2D eigenvalue weighted by atomic mass is 32.2. The van der Waals surface area contributed by atoms with Crippen molar-refractivity contribution in [1.82, 2.24) is 9.21 Å². The van der Waals surface area contributed by atoms with Gasteiger partial charge in [0.25, 0.3) is 0 Å². The van der Waals surface area contributed by atoms with Gasteiger partial charge in [0.1, 0.15) is 5.75 Å². The zero-order valence-electron chi connectivity index (χ0n) is 14.5. The topological polar surface area (TPSA) is 49.9 Å². The van der Waals surface area contributed by atoms with E-state index in [-0.39, 0.29) is 0 Å². The second-order valence-corrected chi connectivity index (χ2v) is 8.10. The van der Waals surface area contributed by atoms with E-state index < -0.39 is 10.0 Å². The van der Waals surface area contributed by atoms with Gasteiger partial charge in [-0.2, -0.15) is 4.31 Å². The number of rotatable bonds is 6. The predicted molar refractivity (Wildman–Crippen MR) is 98.3 cm³/mol. The summed E-state index contributed by atoms with van der Waals surface area (Å²) >= 11 is 0. The van der Waals surface area contributed by atoms with E-state index >= 15 is 0 Å². The molecule has 0 unspecified atom stereocenters. The molecule has 134 valence electrons. The molecule has 1 aliphatic heterocycles. The van der Waals surface area contributed by atoms with Crippen LogP contribution >= 0.6 is 0 Å². The molecule has 0 spiro atoms. The number of sulfonamides is 1. The molecule has 2 aromatic rings. The molecule has 0 atom stereocenters. The molecule has 5 nitrogen and oxygen atoms in total. The van der Waals surface area contributed by atoms with Crippen molar-refractivity contribution in [2.75, 3.05) is 39.8 Å². The number of nitrogens with zero attached hydrogens (tertiary/aromatic N) is 2. The number of benzene rings is 2. The molecule has 0 aliphatic carbocycles. The summed E-state index contributed by atoms with van der Waals surface area (Å²) in [6.07, 6.45) is 0.990. The highest BCUT2D eigenvalue weighted by molar-refractivity contribution is 7.89. The third-order valence-electron chi connectivity index (χ3n) is 4.57. The fourth-order valence-corrected chi connectivity index (χ4v) is 4.49. The zero-order chi connectivity index (χ0) is 17.7. The summed E-state index contributed by atoms with van der Waals surface area (Å²) in [6, 6.07) is 17.0. The minimum atomic E-state index is -3.46. The average Bonchev–Trinajstić information content (AvgIpc) is 2.67. The molecular formula is C19H24N2O3S. The number of hydrogen-bond acceptors (Lipinski definition) is 4. The lowest BCUT2D eigenvalue weighted by Gasteiger charge is -2.34. The second-order valence-electron chi connectivity index (χ2n) is 6.16. The van der Waals surface area contributed by atoms with Gasteiger partial charge in [0.2, 0.25) is 10.0 Å². The van der Waals surface area contributed by atoms with Crippen LogP contribution in [-0.2, 0) is 16.4 Å². The van der Waals surface area contributed by atoms with E-state index in [0.29, 0.717) is 23.7 Å². The van der Waals surface area contributed by atoms with Gasteiger partial charge in [-0.05, 0) is 24.1 Å². The molecular weight excluding hydrogens is 336 g/mol. The molecule has 1 heterocycles. The molecule has 0 radical (unpaired) electrons. The Kier molecular flexibility index (Phi) is 5.73. The fraction of sp³-hybridized carbons (Fsp3) is 0.368. The fourth-order valence-electron chi connectivity index (χ4n) is 3.04. The Balaban J connectivity index is 1.57. The van der Waals surface area contributed by atoms with Crippen LogP contribution in [0.4, 0.5) is 0 Å². The predicted octanol–water partition coefficient (Wildman–Crippen LogP) is 2.24. The van der Waals surface area contributed by atoms with Crippen LogP contribution in [0.15, 0.2) is 59.5 Å². The van der Waals surface area contributed by atoms with Crippen LogP contribution in [0.2, 0.25) is 0 Å². The van der Waals surface area contributed by atoms with Crippen LogP contribution in [0.5, 0.6) is 5.75 Å². The maximum absolute atomic E-state index is 12.8.